The van der Waals surface area contributed by atoms with Crippen LogP contribution in [-0.2, 0) is 27.1 Å². The number of carbonyl (C=O) groups is 1. The molecule has 0 aromatic heterocycles. The van der Waals surface area contributed by atoms with Crippen molar-refractivity contribution in [3.63, 3.8) is 0 Å². The van der Waals surface area contributed by atoms with Crippen molar-refractivity contribution in [2.75, 3.05) is 45.9 Å². The number of para-hydroxylation sites is 1. The average molecular weight is 430 g/mol. The minimum atomic E-state index is -3.38. The first kappa shape index (κ1) is 20.8. The molecule has 2 aromatic rings. The van der Waals surface area contributed by atoms with Gasteiger partial charge in [0, 0.05) is 44.8 Å². The third-order valence-electron chi connectivity index (χ3n) is 5.57. The Hall–Kier alpha value is -2.42. The monoisotopic (exact) mass is 429 g/mol. The number of rotatable bonds is 5. The maximum Gasteiger partial charge on any atom is 0.236 e. The normalized spacial score (nSPS) is 18.3. The number of benzene rings is 2. The van der Waals surface area contributed by atoms with Crippen LogP contribution in [0.1, 0.15) is 11.1 Å². The molecule has 1 fully saturated rings. The Morgan fingerprint density at radius 3 is 2.37 bits per heavy atom. The van der Waals surface area contributed by atoms with Crippen LogP contribution in [0.3, 0.4) is 0 Å². The van der Waals surface area contributed by atoms with Crippen LogP contribution in [0.5, 0.6) is 5.75 Å². The van der Waals surface area contributed by atoms with Crippen molar-refractivity contribution >= 4 is 15.9 Å². The van der Waals surface area contributed by atoms with Gasteiger partial charge in [-0.3, -0.25) is 9.69 Å². The Kier molecular flexibility index (Phi) is 6.36. The molecule has 0 atom stereocenters. The topological polar surface area (TPSA) is 70.2 Å². The van der Waals surface area contributed by atoms with Gasteiger partial charge in [-0.1, -0.05) is 48.5 Å². The number of piperazine rings is 1. The van der Waals surface area contributed by atoms with Gasteiger partial charge >= 0.3 is 0 Å². The van der Waals surface area contributed by atoms with E-state index in [0.29, 0.717) is 52.4 Å². The van der Waals surface area contributed by atoms with Crippen LogP contribution in [-0.4, -0.2) is 74.3 Å². The molecule has 0 saturated carbocycles. The summed E-state index contributed by atoms with van der Waals surface area (Å²) in [4.78, 5) is 16.7. The van der Waals surface area contributed by atoms with Gasteiger partial charge in [-0.25, -0.2) is 8.42 Å². The zero-order valence-corrected chi connectivity index (χ0v) is 17.8. The van der Waals surface area contributed by atoms with Gasteiger partial charge < -0.3 is 9.64 Å². The SMILES string of the molecule is O=C(CN1CCOc2ccccc2C1)N1CCN(S(=O)(=O)Cc2ccccc2)CC1. The third kappa shape index (κ3) is 5.00. The standard InChI is InChI=1S/C22H27N3O4S/c26-22(17-23-14-15-29-21-9-5-4-8-20(21)16-23)24-10-12-25(13-11-24)30(27,28)18-19-6-2-1-3-7-19/h1-9H,10-18H2. The van der Waals surface area contributed by atoms with Gasteiger partial charge in [-0.2, -0.15) is 4.31 Å². The molecule has 2 aliphatic heterocycles. The Labute approximate surface area is 177 Å². The average Bonchev–Trinajstić information content (AvgIpc) is 2.96. The molecule has 7 nitrogen and oxygen atoms in total. The van der Waals surface area contributed by atoms with Crippen LogP contribution in [0.4, 0.5) is 0 Å². The molecule has 2 aromatic carbocycles. The van der Waals surface area contributed by atoms with Crippen molar-refractivity contribution in [2.24, 2.45) is 0 Å². The highest BCUT2D eigenvalue weighted by Crippen LogP contribution is 2.22. The fourth-order valence-corrected chi connectivity index (χ4v) is 5.41. The first-order valence-electron chi connectivity index (χ1n) is 10.2. The summed E-state index contributed by atoms with van der Waals surface area (Å²) in [6.07, 6.45) is 0. The lowest BCUT2D eigenvalue weighted by atomic mass is 10.2. The zero-order valence-electron chi connectivity index (χ0n) is 16.9. The van der Waals surface area contributed by atoms with E-state index in [1.807, 2.05) is 54.6 Å². The summed E-state index contributed by atoms with van der Waals surface area (Å²) >= 11 is 0. The number of amides is 1. The molecule has 0 radical (unpaired) electrons. The first-order chi connectivity index (χ1) is 14.5. The molecule has 0 aliphatic carbocycles. The summed E-state index contributed by atoms with van der Waals surface area (Å²) in [5.74, 6) is 0.911. The summed E-state index contributed by atoms with van der Waals surface area (Å²) in [5, 5.41) is 0. The summed E-state index contributed by atoms with van der Waals surface area (Å²) in [7, 11) is -3.38. The lowest BCUT2D eigenvalue weighted by molar-refractivity contribution is -0.133. The van der Waals surface area contributed by atoms with Gasteiger partial charge in [0.05, 0.1) is 12.3 Å². The van der Waals surface area contributed by atoms with E-state index in [2.05, 4.69) is 4.90 Å². The number of fused-ring (bicyclic) bond motifs is 1. The van der Waals surface area contributed by atoms with Crippen LogP contribution in [0.15, 0.2) is 54.6 Å². The molecule has 8 heteroatoms. The van der Waals surface area contributed by atoms with Gasteiger partial charge in [-0.15, -0.1) is 0 Å². The van der Waals surface area contributed by atoms with Crippen molar-refractivity contribution in [3.8, 4) is 5.75 Å². The van der Waals surface area contributed by atoms with Gasteiger partial charge in [0.1, 0.15) is 12.4 Å². The van der Waals surface area contributed by atoms with E-state index >= 15 is 0 Å². The van der Waals surface area contributed by atoms with Crippen molar-refractivity contribution in [2.45, 2.75) is 12.3 Å². The minimum Gasteiger partial charge on any atom is -0.492 e. The number of carbonyl (C=O) groups excluding carboxylic acids is 1. The van der Waals surface area contributed by atoms with Crippen molar-refractivity contribution in [1.82, 2.24) is 14.1 Å². The van der Waals surface area contributed by atoms with Gasteiger partial charge in [0.15, 0.2) is 0 Å². The predicted octanol–water partition coefficient (Wildman–Crippen LogP) is 1.56. The quantitative estimate of drug-likeness (QED) is 0.721. The maximum atomic E-state index is 12.8. The fraction of sp³-hybridized carbons (Fsp3) is 0.409. The summed E-state index contributed by atoms with van der Waals surface area (Å²) < 4.78 is 32.7. The van der Waals surface area contributed by atoms with E-state index in [1.54, 1.807) is 4.90 Å². The number of sulfonamides is 1. The molecule has 0 spiro atoms. The van der Waals surface area contributed by atoms with E-state index in [1.165, 1.54) is 4.31 Å². The second kappa shape index (κ2) is 9.16. The van der Waals surface area contributed by atoms with Crippen LogP contribution < -0.4 is 4.74 Å². The highest BCUT2D eigenvalue weighted by molar-refractivity contribution is 7.88. The smallest absolute Gasteiger partial charge is 0.236 e. The van der Waals surface area contributed by atoms with Gasteiger partial charge in [0.2, 0.25) is 15.9 Å². The lowest BCUT2D eigenvalue weighted by Crippen LogP contribution is -2.52. The van der Waals surface area contributed by atoms with E-state index in [-0.39, 0.29) is 11.7 Å². The molecular weight excluding hydrogens is 402 g/mol. The second-order valence-corrected chi connectivity index (χ2v) is 9.66. The van der Waals surface area contributed by atoms with Crippen LogP contribution in [0.2, 0.25) is 0 Å². The number of nitrogens with zero attached hydrogens (tertiary/aromatic N) is 3. The molecule has 0 N–H and O–H groups in total. The Bertz CT molecular complexity index is 973. The third-order valence-corrected chi connectivity index (χ3v) is 7.42. The van der Waals surface area contributed by atoms with Gasteiger partial charge in [-0.05, 0) is 11.6 Å². The Balaban J connectivity index is 1.30. The molecule has 0 unspecified atom stereocenters. The molecule has 1 amide bonds. The van der Waals surface area contributed by atoms with Gasteiger partial charge in [0.25, 0.3) is 0 Å². The zero-order chi connectivity index (χ0) is 21.0. The summed E-state index contributed by atoms with van der Waals surface area (Å²) in [6, 6.07) is 17.1. The van der Waals surface area contributed by atoms with Crippen molar-refractivity contribution < 1.29 is 17.9 Å². The molecule has 4 rings (SSSR count). The predicted molar refractivity (Wildman–Crippen MR) is 114 cm³/mol. The molecule has 2 heterocycles. The highest BCUT2D eigenvalue weighted by Gasteiger charge is 2.29. The summed E-state index contributed by atoms with van der Waals surface area (Å²) in [6.45, 7) is 3.75. The molecular formula is C22H27N3O4S. The lowest BCUT2D eigenvalue weighted by Gasteiger charge is -2.35. The molecule has 1 saturated heterocycles. The largest absolute Gasteiger partial charge is 0.492 e. The Morgan fingerprint density at radius 2 is 1.60 bits per heavy atom. The fourth-order valence-electron chi connectivity index (χ4n) is 3.90. The molecule has 160 valence electrons. The van der Waals surface area contributed by atoms with E-state index in [0.717, 1.165) is 16.9 Å². The van der Waals surface area contributed by atoms with Crippen LogP contribution in [0, 0.1) is 0 Å². The van der Waals surface area contributed by atoms with Crippen molar-refractivity contribution in [1.29, 1.82) is 0 Å². The van der Waals surface area contributed by atoms with E-state index in [9.17, 15) is 13.2 Å². The molecule has 30 heavy (non-hydrogen) atoms. The van der Waals surface area contributed by atoms with Crippen LogP contribution >= 0.6 is 0 Å². The second-order valence-electron chi connectivity index (χ2n) is 7.69. The maximum absolute atomic E-state index is 12.8. The molecule has 2 aliphatic rings. The van der Waals surface area contributed by atoms with Crippen molar-refractivity contribution in [3.05, 3.63) is 65.7 Å². The molecule has 0 bridgehead atoms. The first-order valence-corrected chi connectivity index (χ1v) is 11.8. The Morgan fingerprint density at radius 1 is 0.900 bits per heavy atom. The number of ether oxygens (including phenoxy) is 1. The van der Waals surface area contributed by atoms with Crippen LogP contribution in [0.25, 0.3) is 0 Å². The minimum absolute atomic E-state index is 0.00499. The number of hydrogen-bond acceptors (Lipinski definition) is 5. The van der Waals surface area contributed by atoms with E-state index in [4.69, 9.17) is 4.74 Å². The van der Waals surface area contributed by atoms with E-state index < -0.39 is 10.0 Å². The number of hydrogen-bond donors (Lipinski definition) is 0. The summed E-state index contributed by atoms with van der Waals surface area (Å²) in [5.41, 5.74) is 1.86. The highest BCUT2D eigenvalue weighted by atomic mass is 32.2.